The van der Waals surface area contributed by atoms with Gasteiger partial charge in [0.15, 0.2) is 0 Å². The van der Waals surface area contributed by atoms with Crippen molar-refractivity contribution in [1.29, 1.82) is 0 Å². The minimum atomic E-state index is -0.565. The average molecular weight is 304 g/mol. The quantitative estimate of drug-likeness (QED) is 0.691. The van der Waals surface area contributed by atoms with E-state index < -0.39 is 11.4 Å². The zero-order valence-electron chi connectivity index (χ0n) is 14.7. The molecular weight excluding hydrogens is 272 g/mol. The van der Waals surface area contributed by atoms with E-state index in [4.69, 9.17) is 0 Å². The van der Waals surface area contributed by atoms with E-state index in [1.165, 1.54) is 25.7 Å². The Morgan fingerprint density at radius 1 is 1.23 bits per heavy atom. The second-order valence-corrected chi connectivity index (χ2v) is 8.99. The van der Waals surface area contributed by atoms with E-state index in [0.717, 1.165) is 25.7 Å². The summed E-state index contributed by atoms with van der Waals surface area (Å²) in [6, 6.07) is 0. The summed E-state index contributed by atoms with van der Waals surface area (Å²) in [6.07, 6.45) is 11.7. The second-order valence-electron chi connectivity index (χ2n) is 8.99. The molecule has 5 atom stereocenters. The molecule has 3 rings (SSSR count). The predicted octanol–water partition coefficient (Wildman–Crippen LogP) is 5.43. The van der Waals surface area contributed by atoms with Gasteiger partial charge in [0.25, 0.3) is 0 Å². The van der Waals surface area contributed by atoms with E-state index in [1.807, 2.05) is 6.92 Å². The van der Waals surface area contributed by atoms with Crippen molar-refractivity contribution in [2.75, 3.05) is 0 Å². The molecule has 0 bridgehead atoms. The van der Waals surface area contributed by atoms with Gasteiger partial charge in [0, 0.05) is 0 Å². The molecule has 22 heavy (non-hydrogen) atoms. The molecule has 0 saturated heterocycles. The molecule has 0 aromatic carbocycles. The van der Waals surface area contributed by atoms with Crippen LogP contribution in [-0.2, 0) is 4.79 Å². The molecule has 3 aliphatic carbocycles. The molecule has 0 aromatic heterocycles. The SMILES string of the molecule is CC[C@@]1(C)C=C2CCC3[C@](C)(CCC[C@@]3(C)C(=O)O)C2CC1. The molecular formula is C20H32O2. The van der Waals surface area contributed by atoms with Crippen molar-refractivity contribution in [1.82, 2.24) is 0 Å². The highest BCUT2D eigenvalue weighted by atomic mass is 16.4. The van der Waals surface area contributed by atoms with Gasteiger partial charge in [0.2, 0.25) is 0 Å². The van der Waals surface area contributed by atoms with Crippen molar-refractivity contribution < 1.29 is 9.90 Å². The summed E-state index contributed by atoms with van der Waals surface area (Å²) < 4.78 is 0. The molecule has 0 aliphatic heterocycles. The molecule has 0 heterocycles. The minimum absolute atomic E-state index is 0.199. The molecule has 0 radical (unpaired) electrons. The van der Waals surface area contributed by atoms with Crippen LogP contribution in [0.5, 0.6) is 0 Å². The number of carbonyl (C=O) groups is 1. The summed E-state index contributed by atoms with van der Waals surface area (Å²) in [6.45, 7) is 9.12. The zero-order chi connectivity index (χ0) is 16.2. The molecule has 1 N–H and O–H groups in total. The number of carboxylic acids is 1. The first kappa shape index (κ1) is 16.1. The molecule has 0 amide bonds. The van der Waals surface area contributed by atoms with Crippen molar-refractivity contribution >= 4 is 5.97 Å². The standard InChI is InChI=1S/C20H32O2/c1-5-18(2)12-9-15-14(13-18)7-8-16-19(15,3)10-6-11-20(16,4)17(21)22/h13,15-16H,5-12H2,1-4H3,(H,21,22)/t15?,16?,18-,19-,20-/m1/s1. The van der Waals surface area contributed by atoms with Gasteiger partial charge in [-0.1, -0.05) is 38.8 Å². The fourth-order valence-electron chi connectivity index (χ4n) is 6.10. The van der Waals surface area contributed by atoms with Gasteiger partial charge in [-0.05, 0) is 74.5 Å². The smallest absolute Gasteiger partial charge is 0.309 e. The Balaban J connectivity index is 1.97. The third-order valence-corrected chi connectivity index (χ3v) is 7.78. The van der Waals surface area contributed by atoms with Crippen LogP contribution in [0, 0.1) is 28.1 Å². The maximum absolute atomic E-state index is 12.0. The van der Waals surface area contributed by atoms with E-state index in [1.54, 1.807) is 5.57 Å². The number of hydrogen-bond donors (Lipinski definition) is 1. The number of carboxylic acid groups (broad SMARTS) is 1. The highest BCUT2D eigenvalue weighted by molar-refractivity contribution is 5.75. The molecule has 0 spiro atoms. The number of allylic oxidation sites excluding steroid dienone is 2. The predicted molar refractivity (Wildman–Crippen MR) is 89.6 cm³/mol. The second kappa shape index (κ2) is 5.11. The lowest BCUT2D eigenvalue weighted by atomic mass is 9.45. The van der Waals surface area contributed by atoms with Crippen LogP contribution in [0.2, 0.25) is 0 Å². The van der Waals surface area contributed by atoms with Gasteiger partial charge in [0.05, 0.1) is 5.41 Å². The molecule has 2 unspecified atom stereocenters. The summed E-state index contributed by atoms with van der Waals surface area (Å²) in [5.41, 5.74) is 1.72. The maximum Gasteiger partial charge on any atom is 0.309 e. The molecule has 2 saturated carbocycles. The van der Waals surface area contributed by atoms with E-state index in [0.29, 0.717) is 17.3 Å². The van der Waals surface area contributed by atoms with Crippen molar-refractivity contribution in [3.8, 4) is 0 Å². The van der Waals surface area contributed by atoms with Gasteiger partial charge in [-0.25, -0.2) is 0 Å². The Labute approximate surface area is 135 Å². The lowest BCUT2D eigenvalue weighted by Crippen LogP contribution is -2.54. The highest BCUT2D eigenvalue weighted by Gasteiger charge is 2.58. The minimum Gasteiger partial charge on any atom is -0.481 e. The summed E-state index contributed by atoms with van der Waals surface area (Å²) in [7, 11) is 0. The van der Waals surface area contributed by atoms with E-state index in [9.17, 15) is 9.90 Å². The summed E-state index contributed by atoms with van der Waals surface area (Å²) in [5.74, 6) is 0.411. The molecule has 3 aliphatic rings. The van der Waals surface area contributed by atoms with Gasteiger partial charge >= 0.3 is 5.97 Å². The fraction of sp³-hybridized carbons (Fsp3) is 0.850. The number of aliphatic carboxylic acids is 1. The number of rotatable bonds is 2. The topological polar surface area (TPSA) is 37.3 Å². The van der Waals surface area contributed by atoms with Crippen LogP contribution in [-0.4, -0.2) is 11.1 Å². The lowest BCUT2D eigenvalue weighted by molar-refractivity contribution is -0.164. The largest absolute Gasteiger partial charge is 0.481 e. The van der Waals surface area contributed by atoms with Crippen LogP contribution in [0.3, 0.4) is 0 Å². The molecule has 0 aromatic rings. The van der Waals surface area contributed by atoms with Gasteiger partial charge < -0.3 is 5.11 Å². The molecule has 124 valence electrons. The Morgan fingerprint density at radius 2 is 1.95 bits per heavy atom. The third-order valence-electron chi connectivity index (χ3n) is 7.78. The van der Waals surface area contributed by atoms with Crippen molar-refractivity contribution in [2.24, 2.45) is 28.1 Å². The normalized spacial score (nSPS) is 48.1. The molecule has 2 heteroatoms. The number of fused-ring (bicyclic) bond motifs is 3. The van der Waals surface area contributed by atoms with E-state index in [-0.39, 0.29) is 5.41 Å². The Hall–Kier alpha value is -0.790. The monoisotopic (exact) mass is 304 g/mol. The summed E-state index contributed by atoms with van der Waals surface area (Å²) in [5, 5.41) is 9.85. The Bertz CT molecular complexity index is 508. The van der Waals surface area contributed by atoms with Crippen LogP contribution in [0.1, 0.15) is 79.1 Å². The van der Waals surface area contributed by atoms with Gasteiger partial charge in [-0.2, -0.15) is 0 Å². The first-order valence-corrected chi connectivity index (χ1v) is 9.20. The Morgan fingerprint density at radius 3 is 2.59 bits per heavy atom. The Kier molecular flexibility index (Phi) is 3.73. The third kappa shape index (κ3) is 2.17. The first-order chi connectivity index (χ1) is 10.3. The van der Waals surface area contributed by atoms with Crippen LogP contribution in [0.4, 0.5) is 0 Å². The molecule has 2 fully saturated rings. The average Bonchev–Trinajstić information content (AvgIpc) is 2.46. The van der Waals surface area contributed by atoms with Gasteiger partial charge in [-0.3, -0.25) is 4.79 Å². The molecule has 2 nitrogen and oxygen atoms in total. The van der Waals surface area contributed by atoms with Crippen molar-refractivity contribution in [2.45, 2.75) is 79.1 Å². The van der Waals surface area contributed by atoms with Crippen LogP contribution in [0.15, 0.2) is 11.6 Å². The maximum atomic E-state index is 12.0. The van der Waals surface area contributed by atoms with Crippen LogP contribution in [0.25, 0.3) is 0 Å². The van der Waals surface area contributed by atoms with Crippen LogP contribution < -0.4 is 0 Å². The van der Waals surface area contributed by atoms with Crippen molar-refractivity contribution in [3.05, 3.63) is 11.6 Å². The zero-order valence-corrected chi connectivity index (χ0v) is 14.7. The fourth-order valence-corrected chi connectivity index (χ4v) is 6.10. The first-order valence-electron chi connectivity index (χ1n) is 9.20. The van der Waals surface area contributed by atoms with Gasteiger partial charge in [-0.15, -0.1) is 0 Å². The van der Waals surface area contributed by atoms with Crippen molar-refractivity contribution in [3.63, 3.8) is 0 Å². The van der Waals surface area contributed by atoms with Gasteiger partial charge in [0.1, 0.15) is 0 Å². The summed E-state index contributed by atoms with van der Waals surface area (Å²) in [4.78, 5) is 12.0. The lowest BCUT2D eigenvalue weighted by Gasteiger charge is -2.59. The number of hydrogen-bond acceptors (Lipinski definition) is 1. The van der Waals surface area contributed by atoms with E-state index in [2.05, 4.69) is 26.8 Å². The highest BCUT2D eigenvalue weighted by Crippen LogP contribution is 2.64. The van der Waals surface area contributed by atoms with E-state index >= 15 is 0 Å². The summed E-state index contributed by atoms with van der Waals surface area (Å²) >= 11 is 0. The van der Waals surface area contributed by atoms with Crippen LogP contribution >= 0.6 is 0 Å².